The van der Waals surface area contributed by atoms with Gasteiger partial charge < -0.3 is 20.2 Å². The number of aromatic nitrogens is 2. The van der Waals surface area contributed by atoms with Crippen molar-refractivity contribution < 1.29 is 29.4 Å². The molecule has 8 nitrogen and oxygen atoms in total. The van der Waals surface area contributed by atoms with E-state index >= 15 is 0 Å². The Bertz CT molecular complexity index is 1540. The molecule has 3 aromatic carbocycles. The van der Waals surface area contributed by atoms with Crippen LogP contribution >= 0.6 is 0 Å². The standard InChI is InChI=1S/C26H16N2O6/c29-23(19-11-27-21-7-3-1-5-13(19)21)15-9-16(18(26(33)34)10-17(15)25(31)32)24(30)20-12-28-22-8-4-2-6-14(20)22/h1-12,27-28H,(H,31,32)(H,33,34). The van der Waals surface area contributed by atoms with Crippen LogP contribution in [-0.4, -0.2) is 43.7 Å². The maximum absolute atomic E-state index is 13.5. The molecular weight excluding hydrogens is 436 g/mol. The van der Waals surface area contributed by atoms with Crippen LogP contribution in [0.3, 0.4) is 0 Å². The van der Waals surface area contributed by atoms with E-state index in [0.717, 1.165) is 12.1 Å². The Morgan fingerprint density at radius 3 is 1.32 bits per heavy atom. The summed E-state index contributed by atoms with van der Waals surface area (Å²) in [4.78, 5) is 56.8. The molecule has 0 aliphatic rings. The molecule has 5 aromatic rings. The second kappa shape index (κ2) is 7.86. The molecule has 2 heterocycles. The third kappa shape index (κ3) is 3.25. The number of carbonyl (C=O) groups excluding carboxylic acids is 2. The number of carboxylic acids is 2. The third-order valence-corrected chi connectivity index (χ3v) is 5.78. The summed E-state index contributed by atoms with van der Waals surface area (Å²) in [6.07, 6.45) is 2.93. The maximum Gasteiger partial charge on any atom is 0.336 e. The van der Waals surface area contributed by atoms with E-state index in [1.807, 2.05) is 0 Å². The van der Waals surface area contributed by atoms with Gasteiger partial charge in [-0.15, -0.1) is 0 Å². The van der Waals surface area contributed by atoms with Crippen LogP contribution in [0.1, 0.15) is 52.6 Å². The summed E-state index contributed by atoms with van der Waals surface area (Å²) >= 11 is 0. The summed E-state index contributed by atoms with van der Waals surface area (Å²) in [6, 6.07) is 16.0. The van der Waals surface area contributed by atoms with Gasteiger partial charge in [0.25, 0.3) is 0 Å². The van der Waals surface area contributed by atoms with Crippen LogP contribution in [0.5, 0.6) is 0 Å². The highest BCUT2D eigenvalue weighted by atomic mass is 16.4. The third-order valence-electron chi connectivity index (χ3n) is 5.78. The summed E-state index contributed by atoms with van der Waals surface area (Å²) in [5.41, 5.74) is 0.250. The smallest absolute Gasteiger partial charge is 0.336 e. The summed E-state index contributed by atoms with van der Waals surface area (Å²) in [7, 11) is 0. The number of benzene rings is 3. The van der Waals surface area contributed by atoms with Gasteiger partial charge in [-0.2, -0.15) is 0 Å². The van der Waals surface area contributed by atoms with E-state index in [1.165, 1.54) is 12.4 Å². The topological polar surface area (TPSA) is 140 Å². The minimum absolute atomic E-state index is 0.215. The molecule has 0 saturated carbocycles. The van der Waals surface area contributed by atoms with Gasteiger partial charge in [-0.1, -0.05) is 36.4 Å². The molecule has 8 heteroatoms. The highest BCUT2D eigenvalue weighted by Crippen LogP contribution is 2.28. The lowest BCUT2D eigenvalue weighted by Crippen LogP contribution is -2.17. The molecule has 4 N–H and O–H groups in total. The number of aromatic carboxylic acids is 2. The number of carbonyl (C=O) groups is 4. The number of aromatic amines is 2. The monoisotopic (exact) mass is 452 g/mol. The van der Waals surface area contributed by atoms with Crippen molar-refractivity contribution in [3.8, 4) is 0 Å². The summed E-state index contributed by atoms with van der Waals surface area (Å²) in [6.45, 7) is 0. The SMILES string of the molecule is O=C(O)c1cc(C(=O)O)c(C(=O)c2c[nH]c3ccccc23)cc1C(=O)c1c[nH]c2ccccc12. The van der Waals surface area contributed by atoms with E-state index in [1.54, 1.807) is 48.5 Å². The first-order valence-electron chi connectivity index (χ1n) is 10.2. The summed E-state index contributed by atoms with van der Waals surface area (Å²) in [5, 5.41) is 20.6. The number of rotatable bonds is 6. The van der Waals surface area contributed by atoms with Crippen LogP contribution in [0.2, 0.25) is 0 Å². The fourth-order valence-electron chi connectivity index (χ4n) is 4.14. The number of H-pyrrole nitrogens is 2. The van der Waals surface area contributed by atoms with Crippen molar-refractivity contribution in [2.75, 3.05) is 0 Å². The molecule has 34 heavy (non-hydrogen) atoms. The number of fused-ring (bicyclic) bond motifs is 2. The van der Waals surface area contributed by atoms with Crippen LogP contribution in [0.15, 0.2) is 73.1 Å². The molecule has 0 spiro atoms. The second-order valence-electron chi connectivity index (χ2n) is 7.71. The second-order valence-corrected chi connectivity index (χ2v) is 7.71. The highest BCUT2D eigenvalue weighted by Gasteiger charge is 2.28. The molecular formula is C26H16N2O6. The average molecular weight is 452 g/mol. The van der Waals surface area contributed by atoms with Crippen molar-refractivity contribution in [3.05, 3.63) is 106 Å². The van der Waals surface area contributed by atoms with E-state index in [9.17, 15) is 29.4 Å². The number of carboxylic acid groups (broad SMARTS) is 2. The lowest BCUT2D eigenvalue weighted by atomic mass is 9.89. The minimum Gasteiger partial charge on any atom is -0.478 e. The number of hydrogen-bond donors (Lipinski definition) is 4. The minimum atomic E-state index is -1.48. The van der Waals surface area contributed by atoms with Gasteiger partial charge in [0.05, 0.1) is 11.1 Å². The Balaban J connectivity index is 1.73. The zero-order valence-corrected chi connectivity index (χ0v) is 17.5. The van der Waals surface area contributed by atoms with Gasteiger partial charge in [-0.05, 0) is 24.3 Å². The average Bonchev–Trinajstić information content (AvgIpc) is 3.46. The Morgan fingerprint density at radius 1 is 0.529 bits per heavy atom. The van der Waals surface area contributed by atoms with E-state index < -0.39 is 34.6 Å². The zero-order chi connectivity index (χ0) is 24.0. The fourth-order valence-corrected chi connectivity index (χ4v) is 4.14. The molecule has 0 amide bonds. The van der Waals surface area contributed by atoms with Crippen LogP contribution in [0, 0.1) is 0 Å². The van der Waals surface area contributed by atoms with Crippen LogP contribution in [0.25, 0.3) is 21.8 Å². The first kappa shape index (κ1) is 20.9. The number of ketones is 2. The maximum atomic E-state index is 13.5. The Morgan fingerprint density at radius 2 is 0.912 bits per heavy atom. The first-order valence-corrected chi connectivity index (χ1v) is 10.2. The van der Waals surface area contributed by atoms with Crippen molar-refractivity contribution in [2.24, 2.45) is 0 Å². The molecule has 0 fully saturated rings. The van der Waals surface area contributed by atoms with Crippen molar-refractivity contribution >= 4 is 45.3 Å². The molecule has 5 rings (SSSR count). The summed E-state index contributed by atoms with van der Waals surface area (Å²) < 4.78 is 0. The van der Waals surface area contributed by atoms with Gasteiger partial charge >= 0.3 is 11.9 Å². The van der Waals surface area contributed by atoms with E-state index in [-0.39, 0.29) is 22.3 Å². The molecule has 166 valence electrons. The van der Waals surface area contributed by atoms with Gasteiger partial charge in [0.2, 0.25) is 0 Å². The first-order chi connectivity index (χ1) is 16.4. The quantitative estimate of drug-likeness (QED) is 0.280. The summed E-state index contributed by atoms with van der Waals surface area (Å²) in [5.74, 6) is -4.23. The van der Waals surface area contributed by atoms with Gasteiger partial charge in [0.1, 0.15) is 0 Å². The molecule has 0 aliphatic heterocycles. The van der Waals surface area contributed by atoms with E-state index in [4.69, 9.17) is 0 Å². The van der Waals surface area contributed by atoms with Crippen molar-refractivity contribution in [1.29, 1.82) is 0 Å². The molecule has 0 bridgehead atoms. The van der Waals surface area contributed by atoms with Crippen molar-refractivity contribution in [1.82, 2.24) is 9.97 Å². The molecule has 0 atom stereocenters. The zero-order valence-electron chi connectivity index (χ0n) is 17.5. The normalized spacial score (nSPS) is 11.1. The predicted octanol–water partition coefficient (Wildman–Crippen LogP) is 4.51. The lowest BCUT2D eigenvalue weighted by molar-refractivity contribution is 0.0690. The van der Waals surface area contributed by atoms with Gasteiger partial charge in [-0.3, -0.25) is 9.59 Å². The molecule has 0 saturated heterocycles. The van der Waals surface area contributed by atoms with E-state index in [0.29, 0.717) is 21.8 Å². The highest BCUT2D eigenvalue weighted by molar-refractivity contribution is 6.24. The van der Waals surface area contributed by atoms with Crippen molar-refractivity contribution in [3.63, 3.8) is 0 Å². The van der Waals surface area contributed by atoms with Crippen LogP contribution in [-0.2, 0) is 0 Å². The van der Waals surface area contributed by atoms with Crippen LogP contribution in [0.4, 0.5) is 0 Å². The van der Waals surface area contributed by atoms with Gasteiger partial charge in [0, 0.05) is 56.5 Å². The number of para-hydroxylation sites is 2. The Hall–Kier alpha value is -4.98. The van der Waals surface area contributed by atoms with Crippen molar-refractivity contribution in [2.45, 2.75) is 0 Å². The fraction of sp³-hybridized carbons (Fsp3) is 0. The molecule has 0 radical (unpaired) electrons. The molecule has 2 aromatic heterocycles. The predicted molar refractivity (Wildman–Crippen MR) is 124 cm³/mol. The van der Waals surface area contributed by atoms with E-state index in [2.05, 4.69) is 9.97 Å². The largest absolute Gasteiger partial charge is 0.478 e. The molecule has 0 unspecified atom stereocenters. The van der Waals surface area contributed by atoms with Gasteiger partial charge in [-0.25, -0.2) is 9.59 Å². The Labute approximate surface area is 191 Å². The van der Waals surface area contributed by atoms with Gasteiger partial charge in [0.15, 0.2) is 11.6 Å². The lowest BCUT2D eigenvalue weighted by Gasteiger charge is -2.11. The van der Waals surface area contributed by atoms with Crippen LogP contribution < -0.4 is 0 Å². The Kier molecular flexibility index (Phi) is 4.83. The number of nitrogens with one attached hydrogen (secondary N) is 2. The molecule has 0 aliphatic carbocycles. The number of hydrogen-bond acceptors (Lipinski definition) is 4.